The molecular formula is C18H32O6S. The number of fused-ring (bicyclic) bond motifs is 1. The molecule has 25 heavy (non-hydrogen) atoms. The zero-order valence-electron chi connectivity index (χ0n) is 15.3. The zero-order valence-corrected chi connectivity index (χ0v) is 16.1. The largest absolute Gasteiger partial charge is 0.393 e. The quantitative estimate of drug-likeness (QED) is 0.654. The van der Waals surface area contributed by atoms with Crippen LogP contribution in [0.15, 0.2) is 0 Å². The Morgan fingerprint density at radius 1 is 0.960 bits per heavy atom. The third-order valence-corrected chi connectivity index (χ3v) is 8.05. The summed E-state index contributed by atoms with van der Waals surface area (Å²) >= 11 is 0. The number of sulfone groups is 1. The van der Waals surface area contributed by atoms with Gasteiger partial charge in [-0.05, 0) is 64.2 Å². The monoisotopic (exact) mass is 376 g/mol. The van der Waals surface area contributed by atoms with E-state index in [-0.39, 0.29) is 12.0 Å². The Kier molecular flexibility index (Phi) is 6.42. The summed E-state index contributed by atoms with van der Waals surface area (Å²) in [6.45, 7) is 4.03. The third kappa shape index (κ3) is 5.16. The second-order valence-corrected chi connectivity index (χ2v) is 10.5. The Morgan fingerprint density at radius 2 is 1.60 bits per heavy atom. The average molecular weight is 377 g/mol. The molecule has 0 spiro atoms. The fraction of sp³-hybridized carbons (Fsp3) is 1.00. The number of ether oxygens (including phenoxy) is 3. The number of rotatable bonds is 8. The van der Waals surface area contributed by atoms with Crippen LogP contribution in [0.25, 0.3) is 0 Å². The number of aliphatic hydroxyl groups is 1. The van der Waals surface area contributed by atoms with E-state index in [4.69, 9.17) is 14.2 Å². The van der Waals surface area contributed by atoms with Crippen molar-refractivity contribution in [1.82, 2.24) is 0 Å². The number of epoxide rings is 1. The molecule has 0 aromatic heterocycles. The molecule has 7 atom stereocenters. The maximum atomic E-state index is 12.6. The standard InChI is InChI=1S/C18H32O6S/c1-12(22-10-14-4-3-5-16(19)8-14)25(20,21)13(2)23-11-15-6-7-17-18(9-15)24-17/h12-19H,3-11H2,1-2H3. The zero-order chi connectivity index (χ0) is 18.0. The smallest absolute Gasteiger partial charge is 0.203 e. The van der Waals surface area contributed by atoms with E-state index in [9.17, 15) is 13.5 Å². The predicted octanol–water partition coefficient (Wildman–Crippen LogP) is 2.25. The minimum Gasteiger partial charge on any atom is -0.393 e. The maximum Gasteiger partial charge on any atom is 0.203 e. The SMILES string of the molecule is CC(OCC1CCCC(O)C1)S(=O)(=O)C(C)OCC1CCC2OC2C1. The molecule has 0 amide bonds. The van der Waals surface area contributed by atoms with Gasteiger partial charge in [0.2, 0.25) is 9.84 Å². The van der Waals surface area contributed by atoms with E-state index in [1.54, 1.807) is 13.8 Å². The van der Waals surface area contributed by atoms with Gasteiger partial charge in [0, 0.05) is 0 Å². The normalized spacial score (nSPS) is 38.0. The van der Waals surface area contributed by atoms with Gasteiger partial charge in [-0.15, -0.1) is 0 Å². The second-order valence-electron chi connectivity index (χ2n) is 7.97. The first-order valence-electron chi connectivity index (χ1n) is 9.65. The highest BCUT2D eigenvalue weighted by atomic mass is 32.2. The summed E-state index contributed by atoms with van der Waals surface area (Å²) < 4.78 is 42.0. The molecule has 1 N–H and O–H groups in total. The molecule has 3 fully saturated rings. The van der Waals surface area contributed by atoms with E-state index in [2.05, 4.69) is 0 Å². The molecule has 0 bridgehead atoms. The van der Waals surface area contributed by atoms with Crippen LogP contribution in [0.4, 0.5) is 0 Å². The van der Waals surface area contributed by atoms with Crippen LogP contribution in [0.5, 0.6) is 0 Å². The van der Waals surface area contributed by atoms with Crippen molar-refractivity contribution in [1.29, 1.82) is 0 Å². The lowest BCUT2D eigenvalue weighted by Gasteiger charge is -2.28. The molecule has 3 rings (SSSR count). The van der Waals surface area contributed by atoms with Gasteiger partial charge in [0.15, 0.2) is 10.9 Å². The highest BCUT2D eigenvalue weighted by Gasteiger charge is 2.44. The van der Waals surface area contributed by atoms with E-state index in [1.807, 2.05) is 0 Å². The lowest BCUT2D eigenvalue weighted by molar-refractivity contribution is 0.0287. The van der Waals surface area contributed by atoms with Crippen molar-refractivity contribution in [3.63, 3.8) is 0 Å². The molecule has 0 aromatic rings. The summed E-state index contributed by atoms with van der Waals surface area (Å²) in [6.07, 6.45) is 7.14. The third-order valence-electron chi connectivity index (χ3n) is 5.93. The molecule has 1 aliphatic heterocycles. The fourth-order valence-corrected chi connectivity index (χ4v) is 5.13. The van der Waals surface area contributed by atoms with Crippen LogP contribution in [0.1, 0.15) is 58.8 Å². The van der Waals surface area contributed by atoms with Gasteiger partial charge in [0.05, 0.1) is 31.5 Å². The molecule has 1 saturated heterocycles. The topological polar surface area (TPSA) is 85.4 Å². The first-order valence-corrected chi connectivity index (χ1v) is 11.3. The Hall–Kier alpha value is -0.210. The van der Waals surface area contributed by atoms with E-state index >= 15 is 0 Å². The summed E-state index contributed by atoms with van der Waals surface area (Å²) in [5.74, 6) is 0.632. The molecule has 7 heteroatoms. The molecule has 3 aliphatic rings. The fourth-order valence-electron chi connectivity index (χ4n) is 4.05. The number of hydrogen-bond donors (Lipinski definition) is 1. The van der Waals surface area contributed by atoms with Crippen molar-refractivity contribution >= 4 is 9.84 Å². The van der Waals surface area contributed by atoms with Gasteiger partial charge in [-0.25, -0.2) is 8.42 Å². The molecule has 7 unspecified atom stereocenters. The molecule has 0 aromatic carbocycles. The van der Waals surface area contributed by atoms with Gasteiger partial charge in [-0.1, -0.05) is 6.42 Å². The van der Waals surface area contributed by atoms with Gasteiger partial charge in [-0.3, -0.25) is 0 Å². The van der Waals surface area contributed by atoms with Crippen LogP contribution in [0.3, 0.4) is 0 Å². The average Bonchev–Trinajstić information content (AvgIpc) is 3.36. The van der Waals surface area contributed by atoms with Crippen molar-refractivity contribution in [2.24, 2.45) is 11.8 Å². The first-order chi connectivity index (χ1) is 11.9. The second kappa shape index (κ2) is 8.21. The van der Waals surface area contributed by atoms with Gasteiger partial charge >= 0.3 is 0 Å². The molecular weight excluding hydrogens is 344 g/mol. The van der Waals surface area contributed by atoms with Crippen LogP contribution < -0.4 is 0 Å². The molecule has 146 valence electrons. The minimum absolute atomic E-state index is 0.242. The van der Waals surface area contributed by atoms with Gasteiger partial charge < -0.3 is 19.3 Å². The molecule has 6 nitrogen and oxygen atoms in total. The minimum atomic E-state index is -3.50. The molecule has 2 aliphatic carbocycles. The summed E-state index contributed by atoms with van der Waals surface area (Å²) in [5.41, 5.74) is -1.75. The summed E-state index contributed by atoms with van der Waals surface area (Å²) in [4.78, 5) is 0. The Morgan fingerprint density at radius 3 is 2.20 bits per heavy atom. The van der Waals surface area contributed by atoms with E-state index < -0.39 is 20.7 Å². The highest BCUT2D eigenvalue weighted by Crippen LogP contribution is 2.39. The molecule has 2 saturated carbocycles. The number of aliphatic hydroxyl groups excluding tert-OH is 1. The molecule has 1 heterocycles. The summed E-state index contributed by atoms with van der Waals surface area (Å²) in [6, 6.07) is 0. The van der Waals surface area contributed by atoms with Gasteiger partial charge in [0.25, 0.3) is 0 Å². The van der Waals surface area contributed by atoms with Crippen LogP contribution >= 0.6 is 0 Å². The van der Waals surface area contributed by atoms with Crippen molar-refractivity contribution in [2.75, 3.05) is 13.2 Å². The van der Waals surface area contributed by atoms with Crippen LogP contribution in [-0.2, 0) is 24.0 Å². The molecule has 0 radical (unpaired) electrons. The predicted molar refractivity (Wildman–Crippen MR) is 93.7 cm³/mol. The Balaban J connectivity index is 1.40. The van der Waals surface area contributed by atoms with Gasteiger partial charge in [-0.2, -0.15) is 0 Å². The maximum absolute atomic E-state index is 12.6. The first kappa shape index (κ1) is 19.5. The van der Waals surface area contributed by atoms with Crippen molar-refractivity contribution < 1.29 is 27.7 Å². The van der Waals surface area contributed by atoms with Crippen LogP contribution in [-0.4, -0.2) is 55.9 Å². The Labute approximate surface area is 151 Å². The highest BCUT2D eigenvalue weighted by molar-refractivity contribution is 7.92. The lowest BCUT2D eigenvalue weighted by atomic mass is 9.88. The van der Waals surface area contributed by atoms with Crippen LogP contribution in [0.2, 0.25) is 0 Å². The van der Waals surface area contributed by atoms with Gasteiger partial charge in [0.1, 0.15) is 0 Å². The van der Waals surface area contributed by atoms with E-state index in [0.29, 0.717) is 37.8 Å². The lowest BCUT2D eigenvalue weighted by Crippen LogP contribution is -2.35. The summed E-state index contributed by atoms with van der Waals surface area (Å²) in [5, 5.41) is 9.71. The van der Waals surface area contributed by atoms with Crippen molar-refractivity contribution in [3.8, 4) is 0 Å². The van der Waals surface area contributed by atoms with Crippen LogP contribution in [0, 0.1) is 11.8 Å². The summed E-state index contributed by atoms with van der Waals surface area (Å²) in [7, 11) is -3.50. The van der Waals surface area contributed by atoms with E-state index in [1.165, 1.54) is 0 Å². The number of hydrogen-bond acceptors (Lipinski definition) is 6. The van der Waals surface area contributed by atoms with Crippen molar-refractivity contribution in [3.05, 3.63) is 0 Å². The Bertz CT molecular complexity index is 514. The van der Waals surface area contributed by atoms with E-state index in [0.717, 1.165) is 38.5 Å². The van der Waals surface area contributed by atoms with Crippen molar-refractivity contribution in [2.45, 2.75) is 88.0 Å².